The van der Waals surface area contributed by atoms with Crippen LogP contribution in [0.1, 0.15) is 37.0 Å². The number of hydrogen-bond acceptors (Lipinski definition) is 3. The van der Waals surface area contributed by atoms with Crippen molar-refractivity contribution in [3.63, 3.8) is 0 Å². The van der Waals surface area contributed by atoms with E-state index >= 15 is 0 Å². The molecule has 1 heterocycles. The average molecular weight is 314 g/mol. The molecule has 0 radical (unpaired) electrons. The number of carbonyl (C=O) groups is 1. The summed E-state index contributed by atoms with van der Waals surface area (Å²) >= 11 is 7.27. The minimum absolute atomic E-state index is 0.117. The second-order valence-corrected chi connectivity index (χ2v) is 7.16. The van der Waals surface area contributed by atoms with Crippen molar-refractivity contribution < 1.29 is 9.90 Å². The number of aliphatic hydroxyl groups is 1. The Labute approximate surface area is 128 Å². The first-order valence-corrected chi connectivity index (χ1v) is 8.15. The first-order chi connectivity index (χ1) is 9.63. The summed E-state index contributed by atoms with van der Waals surface area (Å²) in [6.45, 7) is 0.704. The number of aliphatic hydroxyl groups excluding tert-OH is 1. The highest BCUT2D eigenvalue weighted by molar-refractivity contribution is 7.17. The standard InChI is InChI=1S/C15H20ClNO2S/c16-13-6-4-12(20-13)5-7-14(19)17-10-15(11-18)8-2-1-3-9-15/h4-7,18H,1-3,8-11H2,(H,17,19)/b7-5+. The lowest BCUT2D eigenvalue weighted by Crippen LogP contribution is -2.40. The van der Waals surface area contributed by atoms with E-state index in [4.69, 9.17) is 11.6 Å². The van der Waals surface area contributed by atoms with E-state index in [1.807, 2.05) is 12.1 Å². The Balaban J connectivity index is 1.83. The van der Waals surface area contributed by atoms with Crippen LogP contribution < -0.4 is 5.32 Å². The molecular weight excluding hydrogens is 294 g/mol. The molecule has 0 saturated heterocycles. The molecule has 1 saturated carbocycles. The van der Waals surface area contributed by atoms with Gasteiger partial charge in [0.2, 0.25) is 5.91 Å². The minimum Gasteiger partial charge on any atom is -0.396 e. The van der Waals surface area contributed by atoms with Crippen molar-refractivity contribution in [3.8, 4) is 0 Å². The molecule has 3 nitrogen and oxygen atoms in total. The van der Waals surface area contributed by atoms with Gasteiger partial charge < -0.3 is 10.4 Å². The molecule has 1 amide bonds. The Kier molecular flexibility index (Phi) is 5.64. The van der Waals surface area contributed by atoms with Gasteiger partial charge in [-0.2, -0.15) is 0 Å². The van der Waals surface area contributed by atoms with Crippen LogP contribution >= 0.6 is 22.9 Å². The van der Waals surface area contributed by atoms with Gasteiger partial charge in [-0.1, -0.05) is 30.9 Å². The molecule has 2 N–H and O–H groups in total. The van der Waals surface area contributed by atoms with Crippen LogP contribution in [0.2, 0.25) is 4.34 Å². The minimum atomic E-state index is -0.118. The topological polar surface area (TPSA) is 49.3 Å². The first-order valence-electron chi connectivity index (χ1n) is 6.96. The van der Waals surface area contributed by atoms with Gasteiger partial charge in [0.1, 0.15) is 0 Å². The summed E-state index contributed by atoms with van der Waals surface area (Å²) in [4.78, 5) is 12.8. The maximum absolute atomic E-state index is 11.8. The maximum Gasteiger partial charge on any atom is 0.244 e. The number of halogens is 1. The van der Waals surface area contributed by atoms with E-state index in [0.717, 1.165) is 30.6 Å². The van der Waals surface area contributed by atoms with Crippen LogP contribution in [0.3, 0.4) is 0 Å². The van der Waals surface area contributed by atoms with Gasteiger partial charge in [-0.25, -0.2) is 0 Å². The second kappa shape index (κ2) is 7.25. The number of hydrogen-bond donors (Lipinski definition) is 2. The van der Waals surface area contributed by atoms with E-state index in [2.05, 4.69) is 5.32 Å². The zero-order valence-electron chi connectivity index (χ0n) is 11.4. The molecule has 1 aromatic rings. The van der Waals surface area contributed by atoms with Crippen LogP contribution in [0.4, 0.5) is 0 Å². The third-order valence-electron chi connectivity index (χ3n) is 3.88. The first kappa shape index (κ1) is 15.5. The molecule has 2 rings (SSSR count). The van der Waals surface area contributed by atoms with Crippen LogP contribution in [0.25, 0.3) is 6.08 Å². The van der Waals surface area contributed by atoms with E-state index < -0.39 is 0 Å². The molecule has 1 fully saturated rings. The zero-order valence-corrected chi connectivity index (χ0v) is 13.0. The smallest absolute Gasteiger partial charge is 0.244 e. The second-order valence-electron chi connectivity index (χ2n) is 5.41. The molecule has 0 aliphatic heterocycles. The van der Waals surface area contributed by atoms with Gasteiger partial charge >= 0.3 is 0 Å². The fourth-order valence-corrected chi connectivity index (χ4v) is 3.57. The highest BCUT2D eigenvalue weighted by Gasteiger charge is 2.31. The third-order valence-corrected chi connectivity index (χ3v) is 5.08. The van der Waals surface area contributed by atoms with E-state index in [-0.39, 0.29) is 17.9 Å². The Morgan fingerprint density at radius 1 is 1.40 bits per heavy atom. The van der Waals surface area contributed by atoms with Crippen molar-refractivity contribution in [2.24, 2.45) is 5.41 Å². The molecule has 5 heteroatoms. The van der Waals surface area contributed by atoms with E-state index in [1.165, 1.54) is 23.8 Å². The fourth-order valence-electron chi connectivity index (χ4n) is 2.60. The van der Waals surface area contributed by atoms with Crippen LogP contribution in [-0.2, 0) is 4.79 Å². The summed E-state index contributed by atoms with van der Waals surface area (Å²) in [5.74, 6) is -0.118. The molecule has 20 heavy (non-hydrogen) atoms. The summed E-state index contributed by atoms with van der Waals surface area (Å²) in [6.07, 6.45) is 8.78. The normalized spacial score (nSPS) is 18.3. The SMILES string of the molecule is O=C(/C=C/c1ccc(Cl)s1)NCC1(CO)CCCCC1. The molecule has 0 bridgehead atoms. The number of rotatable bonds is 5. The number of carbonyl (C=O) groups excluding carboxylic acids is 1. The summed E-state index contributed by atoms with van der Waals surface area (Å²) in [5, 5.41) is 12.5. The molecular formula is C15H20ClNO2S. The summed E-state index contributed by atoms with van der Waals surface area (Å²) < 4.78 is 0.714. The van der Waals surface area contributed by atoms with Gasteiger partial charge in [-0.15, -0.1) is 11.3 Å². The average Bonchev–Trinajstić information content (AvgIpc) is 2.89. The Morgan fingerprint density at radius 3 is 2.75 bits per heavy atom. The number of nitrogens with one attached hydrogen (secondary N) is 1. The van der Waals surface area contributed by atoms with Crippen LogP contribution in [-0.4, -0.2) is 24.2 Å². The monoisotopic (exact) mass is 313 g/mol. The lowest BCUT2D eigenvalue weighted by atomic mass is 9.74. The van der Waals surface area contributed by atoms with Crippen molar-refractivity contribution in [1.82, 2.24) is 5.32 Å². The third kappa shape index (κ3) is 4.33. The summed E-state index contributed by atoms with van der Waals surface area (Å²) in [7, 11) is 0. The maximum atomic E-state index is 11.8. The predicted octanol–water partition coefficient (Wildman–Crippen LogP) is 3.47. The van der Waals surface area contributed by atoms with Crippen LogP contribution in [0, 0.1) is 5.41 Å². The largest absolute Gasteiger partial charge is 0.396 e. The molecule has 0 unspecified atom stereocenters. The quantitative estimate of drug-likeness (QED) is 0.818. The molecule has 1 aliphatic carbocycles. The van der Waals surface area contributed by atoms with Crippen LogP contribution in [0.5, 0.6) is 0 Å². The van der Waals surface area contributed by atoms with Crippen LogP contribution in [0.15, 0.2) is 18.2 Å². The van der Waals surface area contributed by atoms with Crippen molar-refractivity contribution >= 4 is 34.9 Å². The summed E-state index contributed by atoms with van der Waals surface area (Å²) in [6, 6.07) is 3.69. The molecule has 0 atom stereocenters. The molecule has 1 aromatic heterocycles. The van der Waals surface area contributed by atoms with Crippen molar-refractivity contribution in [1.29, 1.82) is 0 Å². The van der Waals surface area contributed by atoms with E-state index in [9.17, 15) is 9.90 Å². The highest BCUT2D eigenvalue weighted by Crippen LogP contribution is 2.35. The van der Waals surface area contributed by atoms with Gasteiger partial charge in [-0.05, 0) is 31.1 Å². The van der Waals surface area contributed by atoms with Gasteiger partial charge in [0.25, 0.3) is 0 Å². The molecule has 0 spiro atoms. The van der Waals surface area contributed by atoms with Crippen molar-refractivity contribution in [3.05, 3.63) is 27.4 Å². The lowest BCUT2D eigenvalue weighted by Gasteiger charge is -2.35. The Hall–Kier alpha value is -0.840. The highest BCUT2D eigenvalue weighted by atomic mass is 35.5. The van der Waals surface area contributed by atoms with E-state index in [0.29, 0.717) is 10.9 Å². The molecule has 1 aliphatic rings. The van der Waals surface area contributed by atoms with Crippen molar-refractivity contribution in [2.75, 3.05) is 13.2 Å². The van der Waals surface area contributed by atoms with Gasteiger partial charge in [0.15, 0.2) is 0 Å². The lowest BCUT2D eigenvalue weighted by molar-refractivity contribution is -0.117. The Bertz CT molecular complexity index is 478. The number of thiophene rings is 1. The molecule has 0 aromatic carbocycles. The number of amides is 1. The van der Waals surface area contributed by atoms with Gasteiger partial charge in [0, 0.05) is 22.9 Å². The fraction of sp³-hybridized carbons (Fsp3) is 0.533. The molecule has 110 valence electrons. The van der Waals surface area contributed by atoms with E-state index in [1.54, 1.807) is 6.08 Å². The summed E-state index contributed by atoms with van der Waals surface area (Å²) in [5.41, 5.74) is -0.117. The predicted molar refractivity (Wildman–Crippen MR) is 84.0 cm³/mol. The van der Waals surface area contributed by atoms with Gasteiger partial charge in [-0.3, -0.25) is 4.79 Å². The van der Waals surface area contributed by atoms with Crippen molar-refractivity contribution in [2.45, 2.75) is 32.1 Å². The van der Waals surface area contributed by atoms with Gasteiger partial charge in [0.05, 0.1) is 10.9 Å². The zero-order chi connectivity index (χ0) is 14.4. The Morgan fingerprint density at radius 2 is 2.15 bits per heavy atom.